The molecule has 0 aliphatic rings. The number of methoxy groups -OCH3 is 1. The molecule has 9 heteroatoms. The first-order valence-corrected chi connectivity index (χ1v) is 15.0. The molecular weight excluding hydrogens is 566 g/mol. The van der Waals surface area contributed by atoms with Gasteiger partial charge in [0.2, 0.25) is 0 Å². The van der Waals surface area contributed by atoms with Crippen LogP contribution in [0.3, 0.4) is 0 Å². The Kier molecular flexibility index (Phi) is 12.4. The summed E-state index contributed by atoms with van der Waals surface area (Å²) in [5, 5.41) is 3.51. The number of imidazole rings is 1. The minimum absolute atomic E-state index is 0.119. The van der Waals surface area contributed by atoms with Crippen molar-refractivity contribution in [3.63, 3.8) is 0 Å². The Morgan fingerprint density at radius 1 is 0.977 bits per heavy atom. The maximum Gasteiger partial charge on any atom is 0.328 e. The maximum atomic E-state index is 13.4. The first-order valence-electron chi connectivity index (χ1n) is 14.7. The van der Waals surface area contributed by atoms with Crippen LogP contribution in [-0.4, -0.2) is 35.0 Å². The Labute approximate surface area is 259 Å². The average Bonchev–Trinajstić information content (AvgIpc) is 3.45. The lowest BCUT2D eigenvalue weighted by Crippen LogP contribution is -2.47. The van der Waals surface area contributed by atoms with Gasteiger partial charge < -0.3 is 24.5 Å². The molecule has 1 amide bonds. The number of benzene rings is 3. The Bertz CT molecular complexity index is 1490. The molecule has 4 rings (SSSR count). The molecular formula is C34H42ClN3O5. The fourth-order valence-corrected chi connectivity index (χ4v) is 4.76. The van der Waals surface area contributed by atoms with E-state index in [1.54, 1.807) is 18.2 Å². The van der Waals surface area contributed by atoms with E-state index in [4.69, 9.17) is 25.8 Å². The predicted molar refractivity (Wildman–Crippen MR) is 171 cm³/mol. The highest BCUT2D eigenvalue weighted by molar-refractivity contribution is 6.30. The molecule has 43 heavy (non-hydrogen) atoms. The summed E-state index contributed by atoms with van der Waals surface area (Å²) < 4.78 is 17.3. The Balaban J connectivity index is 0.00000248. The van der Waals surface area contributed by atoms with Crippen molar-refractivity contribution in [2.24, 2.45) is 11.8 Å². The summed E-state index contributed by atoms with van der Waals surface area (Å²) in [6, 6.07) is 17.5. The number of hydrogen-bond acceptors (Lipinski definition) is 6. The third-order valence-electron chi connectivity index (χ3n) is 7.51. The van der Waals surface area contributed by atoms with Crippen molar-refractivity contribution in [2.45, 2.75) is 67.2 Å². The Morgan fingerprint density at radius 3 is 2.37 bits per heavy atom. The molecule has 3 atom stereocenters. The monoisotopic (exact) mass is 607 g/mol. The number of H-pyrrole nitrogens is 1. The fraction of sp³-hybridized carbons (Fsp3) is 0.382. The molecule has 0 fully saturated rings. The van der Waals surface area contributed by atoms with Crippen molar-refractivity contribution in [1.82, 2.24) is 15.3 Å². The van der Waals surface area contributed by atoms with Gasteiger partial charge in [0.15, 0.2) is 11.5 Å². The van der Waals surface area contributed by atoms with Gasteiger partial charge in [0, 0.05) is 10.6 Å². The van der Waals surface area contributed by atoms with E-state index < -0.39 is 17.9 Å². The fourth-order valence-electron chi connectivity index (χ4n) is 4.54. The van der Waals surface area contributed by atoms with Gasteiger partial charge in [-0.3, -0.25) is 4.79 Å². The van der Waals surface area contributed by atoms with Crippen molar-refractivity contribution in [3.8, 4) is 11.5 Å². The van der Waals surface area contributed by atoms with Crippen LogP contribution in [0.5, 0.6) is 11.5 Å². The van der Waals surface area contributed by atoms with Crippen LogP contribution in [0.4, 0.5) is 0 Å². The highest BCUT2D eigenvalue weighted by Crippen LogP contribution is 2.31. The molecule has 0 aliphatic heterocycles. The lowest BCUT2D eigenvalue weighted by Gasteiger charge is -2.27. The second kappa shape index (κ2) is 16.0. The SMILES string of the molecule is CC.CCC(C)C(C)C(NC(=O)c1ccc(OCc2nc3ccccc3[nH]2)c(OCc2ccc(Cl)cc2C)c1)C(=O)OC. The summed E-state index contributed by atoms with van der Waals surface area (Å²) in [6.45, 7) is 12.4. The lowest BCUT2D eigenvalue weighted by atomic mass is 9.87. The van der Waals surface area contributed by atoms with Crippen LogP contribution in [0.2, 0.25) is 5.02 Å². The standard InChI is InChI=1S/C32H36ClN3O5.C2H6/c1-6-19(2)21(4)30(32(38)39-5)36-31(37)22-12-14-27(41-18-29-34-25-9-7-8-10-26(25)35-29)28(16-22)40-17-23-11-13-24(33)15-20(23)3;1-2/h7-16,19,21,30H,6,17-18H2,1-5H3,(H,34,35)(H,36,37);1-2H3. The number of esters is 1. The second-order valence-corrected chi connectivity index (χ2v) is 10.7. The van der Waals surface area contributed by atoms with Crippen LogP contribution in [-0.2, 0) is 22.7 Å². The van der Waals surface area contributed by atoms with Gasteiger partial charge in [-0.1, -0.05) is 70.8 Å². The van der Waals surface area contributed by atoms with Crippen molar-refractivity contribution in [1.29, 1.82) is 0 Å². The van der Waals surface area contributed by atoms with Crippen molar-refractivity contribution in [3.05, 3.63) is 88.2 Å². The normalized spacial score (nSPS) is 12.8. The van der Waals surface area contributed by atoms with Crippen molar-refractivity contribution in [2.75, 3.05) is 7.11 Å². The minimum atomic E-state index is -0.785. The van der Waals surface area contributed by atoms with Crippen LogP contribution in [0.25, 0.3) is 11.0 Å². The van der Waals surface area contributed by atoms with Crippen LogP contribution < -0.4 is 14.8 Å². The number of aromatic nitrogens is 2. The molecule has 4 aromatic rings. The number of halogens is 1. The van der Waals surface area contributed by atoms with Crippen molar-refractivity contribution < 1.29 is 23.8 Å². The number of carbonyl (C=O) groups excluding carboxylic acids is 2. The summed E-state index contributed by atoms with van der Waals surface area (Å²) in [5.41, 5.74) is 4.02. The maximum absolute atomic E-state index is 13.4. The Hall–Kier alpha value is -4.04. The van der Waals surface area contributed by atoms with Gasteiger partial charge in [0.05, 0.1) is 18.1 Å². The van der Waals surface area contributed by atoms with Crippen LogP contribution in [0, 0.1) is 18.8 Å². The number of nitrogens with one attached hydrogen (secondary N) is 2. The molecule has 3 aromatic carbocycles. The molecule has 230 valence electrons. The molecule has 0 aliphatic carbocycles. The molecule has 3 unspecified atom stereocenters. The van der Waals surface area contributed by atoms with E-state index >= 15 is 0 Å². The first kappa shape index (κ1) is 33.5. The number of amides is 1. The van der Waals surface area contributed by atoms with Crippen molar-refractivity contribution >= 4 is 34.5 Å². The summed E-state index contributed by atoms with van der Waals surface area (Å²) in [7, 11) is 1.32. The molecule has 0 saturated carbocycles. The molecule has 0 bridgehead atoms. The number of aromatic amines is 1. The summed E-state index contributed by atoms with van der Waals surface area (Å²) >= 11 is 6.12. The highest BCUT2D eigenvalue weighted by atomic mass is 35.5. The summed E-state index contributed by atoms with van der Waals surface area (Å²) in [6.07, 6.45) is 0.865. The molecule has 8 nitrogen and oxygen atoms in total. The van der Waals surface area contributed by atoms with E-state index in [0.717, 1.165) is 28.6 Å². The van der Waals surface area contributed by atoms with Gasteiger partial charge in [-0.05, 0) is 72.4 Å². The molecule has 2 N–H and O–H groups in total. The van der Waals surface area contributed by atoms with Gasteiger partial charge in [0.1, 0.15) is 25.1 Å². The summed E-state index contributed by atoms with van der Waals surface area (Å²) in [5.74, 6) is 0.686. The highest BCUT2D eigenvalue weighted by Gasteiger charge is 2.31. The third-order valence-corrected chi connectivity index (χ3v) is 7.74. The van der Waals surface area contributed by atoms with Gasteiger partial charge in [-0.15, -0.1) is 0 Å². The average molecular weight is 608 g/mol. The van der Waals surface area contributed by atoms with Crippen LogP contribution >= 0.6 is 11.6 Å². The number of rotatable bonds is 12. The topological polar surface area (TPSA) is 103 Å². The number of ether oxygens (including phenoxy) is 3. The number of hydrogen-bond donors (Lipinski definition) is 2. The van der Waals surface area contributed by atoms with Gasteiger partial charge in [-0.25, -0.2) is 9.78 Å². The van der Waals surface area contributed by atoms with E-state index in [1.165, 1.54) is 7.11 Å². The zero-order chi connectivity index (χ0) is 31.5. The van der Waals surface area contributed by atoms with Gasteiger partial charge in [-0.2, -0.15) is 0 Å². The number of aryl methyl sites for hydroxylation is 1. The van der Waals surface area contributed by atoms with E-state index in [1.807, 2.05) is 84.0 Å². The number of carbonyl (C=O) groups is 2. The molecule has 0 radical (unpaired) electrons. The molecule has 0 saturated heterocycles. The zero-order valence-corrected chi connectivity index (χ0v) is 26.7. The first-order chi connectivity index (χ1) is 20.7. The quantitative estimate of drug-likeness (QED) is 0.160. The van der Waals surface area contributed by atoms with E-state index in [0.29, 0.717) is 27.9 Å². The zero-order valence-electron chi connectivity index (χ0n) is 26.0. The van der Waals surface area contributed by atoms with E-state index in [9.17, 15) is 9.59 Å². The number of nitrogens with zero attached hydrogens (tertiary/aromatic N) is 1. The predicted octanol–water partition coefficient (Wildman–Crippen LogP) is 7.66. The summed E-state index contributed by atoms with van der Waals surface area (Å²) in [4.78, 5) is 33.7. The molecule has 0 spiro atoms. The third kappa shape index (κ3) is 8.74. The van der Waals surface area contributed by atoms with Gasteiger partial charge in [0.25, 0.3) is 5.91 Å². The second-order valence-electron chi connectivity index (χ2n) is 10.2. The van der Waals surface area contributed by atoms with E-state index in [2.05, 4.69) is 15.3 Å². The number of para-hydroxylation sites is 2. The smallest absolute Gasteiger partial charge is 0.328 e. The minimum Gasteiger partial charge on any atom is -0.485 e. The van der Waals surface area contributed by atoms with Crippen LogP contribution in [0.15, 0.2) is 60.7 Å². The van der Waals surface area contributed by atoms with Crippen LogP contribution in [0.1, 0.15) is 68.3 Å². The number of fused-ring (bicyclic) bond motifs is 1. The largest absolute Gasteiger partial charge is 0.485 e. The molecule has 1 aromatic heterocycles. The van der Waals surface area contributed by atoms with Gasteiger partial charge >= 0.3 is 5.97 Å². The molecule has 1 heterocycles. The Morgan fingerprint density at radius 2 is 1.70 bits per heavy atom. The van der Waals surface area contributed by atoms with E-state index in [-0.39, 0.29) is 25.0 Å². The lowest BCUT2D eigenvalue weighted by molar-refractivity contribution is -0.144.